The first-order chi connectivity index (χ1) is 11.1. The van der Waals surface area contributed by atoms with Gasteiger partial charge in [-0.15, -0.1) is 0 Å². The molecule has 0 radical (unpaired) electrons. The van der Waals surface area contributed by atoms with E-state index in [4.69, 9.17) is 0 Å². The first kappa shape index (κ1) is 14.5. The Balaban J connectivity index is 1.96. The van der Waals surface area contributed by atoms with E-state index in [0.29, 0.717) is 5.92 Å². The Labute approximate surface area is 139 Å². The number of rotatable bonds is 2. The van der Waals surface area contributed by atoms with Crippen molar-refractivity contribution in [1.29, 1.82) is 0 Å². The fourth-order valence-corrected chi connectivity index (χ4v) is 8.08. The molecule has 1 aliphatic heterocycles. The molecule has 0 aromatic heterocycles. The molecule has 0 unspecified atom stereocenters. The molecule has 0 bridgehead atoms. The van der Waals surface area contributed by atoms with Crippen LogP contribution in [0.25, 0.3) is 11.1 Å². The quantitative estimate of drug-likeness (QED) is 0.630. The normalized spacial score (nSPS) is 14.6. The van der Waals surface area contributed by atoms with Crippen molar-refractivity contribution in [2.75, 3.05) is 0 Å². The summed E-state index contributed by atoms with van der Waals surface area (Å²) < 4.78 is 0. The Kier molecular flexibility index (Phi) is 3.28. The summed E-state index contributed by atoms with van der Waals surface area (Å²) in [5.74, 6) is 0.585. The zero-order valence-electron chi connectivity index (χ0n) is 14.0. The number of hydrogen-bond acceptors (Lipinski definition) is 0. The van der Waals surface area contributed by atoms with Crippen LogP contribution in [0.15, 0.2) is 72.8 Å². The molecule has 1 aliphatic rings. The average molecular weight is 315 g/mol. The molecule has 0 nitrogen and oxygen atoms in total. The number of benzene rings is 3. The van der Waals surface area contributed by atoms with E-state index in [1.807, 2.05) is 0 Å². The van der Waals surface area contributed by atoms with Gasteiger partial charge < -0.3 is 0 Å². The molecule has 1 heteroatoms. The average Bonchev–Trinajstić information content (AvgIpc) is 2.86. The monoisotopic (exact) mass is 314 g/mol. The molecule has 0 saturated heterocycles. The second-order valence-electron chi connectivity index (χ2n) is 6.99. The highest BCUT2D eigenvalue weighted by atomic mass is 28.3. The molecule has 4 rings (SSSR count). The van der Waals surface area contributed by atoms with Gasteiger partial charge in [0.2, 0.25) is 0 Å². The molecular weight excluding hydrogens is 292 g/mol. The van der Waals surface area contributed by atoms with Gasteiger partial charge in [-0.25, -0.2) is 0 Å². The molecule has 0 N–H and O–H groups in total. The van der Waals surface area contributed by atoms with Crippen LogP contribution in [0.5, 0.6) is 0 Å². The lowest BCUT2D eigenvalue weighted by atomic mass is 10.0. The molecule has 1 heterocycles. The van der Waals surface area contributed by atoms with Gasteiger partial charge in [0.25, 0.3) is 0 Å². The van der Waals surface area contributed by atoms with Crippen molar-refractivity contribution in [2.24, 2.45) is 0 Å². The topological polar surface area (TPSA) is 0 Å². The highest BCUT2D eigenvalue weighted by Gasteiger charge is 2.42. The van der Waals surface area contributed by atoms with Gasteiger partial charge in [-0.3, -0.25) is 0 Å². The highest BCUT2D eigenvalue weighted by Crippen LogP contribution is 2.28. The van der Waals surface area contributed by atoms with Gasteiger partial charge in [-0.1, -0.05) is 93.2 Å². The molecule has 114 valence electrons. The van der Waals surface area contributed by atoms with Gasteiger partial charge in [0.15, 0.2) is 0 Å². The zero-order chi connectivity index (χ0) is 16.0. The van der Waals surface area contributed by atoms with Crippen LogP contribution in [0.2, 0.25) is 6.55 Å². The van der Waals surface area contributed by atoms with E-state index in [1.54, 1.807) is 10.4 Å². The maximum Gasteiger partial charge on any atom is 0.147 e. The van der Waals surface area contributed by atoms with E-state index in [2.05, 4.69) is 93.2 Å². The van der Waals surface area contributed by atoms with Crippen molar-refractivity contribution in [1.82, 2.24) is 0 Å². The Bertz CT molecular complexity index is 814. The van der Waals surface area contributed by atoms with E-state index < -0.39 is 8.07 Å². The Hall–Kier alpha value is -2.12. The van der Waals surface area contributed by atoms with E-state index in [0.717, 1.165) is 0 Å². The maximum absolute atomic E-state index is 2.50. The summed E-state index contributed by atoms with van der Waals surface area (Å²) in [6.07, 6.45) is 0. The van der Waals surface area contributed by atoms with Crippen LogP contribution in [0.3, 0.4) is 0 Å². The van der Waals surface area contributed by atoms with Crippen molar-refractivity contribution in [3.05, 3.63) is 78.4 Å². The van der Waals surface area contributed by atoms with Gasteiger partial charge >= 0.3 is 0 Å². The highest BCUT2D eigenvalue weighted by molar-refractivity contribution is 7.13. The van der Waals surface area contributed by atoms with E-state index in [9.17, 15) is 0 Å². The molecule has 3 aromatic rings. The summed E-state index contributed by atoms with van der Waals surface area (Å²) in [5.41, 5.74) is 4.29. The van der Waals surface area contributed by atoms with Crippen LogP contribution in [0, 0.1) is 0 Å². The van der Waals surface area contributed by atoms with Crippen molar-refractivity contribution < 1.29 is 0 Å². The van der Waals surface area contributed by atoms with Crippen LogP contribution in [-0.2, 0) is 0 Å². The van der Waals surface area contributed by atoms with Crippen molar-refractivity contribution in [3.8, 4) is 11.1 Å². The molecule has 0 fully saturated rings. The van der Waals surface area contributed by atoms with Gasteiger partial charge in [0, 0.05) is 0 Å². The van der Waals surface area contributed by atoms with Crippen LogP contribution in [0.4, 0.5) is 0 Å². The van der Waals surface area contributed by atoms with E-state index in [-0.39, 0.29) is 0 Å². The third-order valence-electron chi connectivity index (χ3n) is 5.38. The number of hydrogen-bond donors (Lipinski definition) is 0. The summed E-state index contributed by atoms with van der Waals surface area (Å²) in [4.78, 5) is 0. The Morgan fingerprint density at radius 2 is 1.13 bits per heavy atom. The lowest BCUT2D eigenvalue weighted by molar-refractivity contribution is 0.867. The standard InChI is InChI=1S/C22H22Si/c1-16(2)17-12-14-18(15-13-17)23(3)21-10-6-4-8-19(21)20-9-5-7-11-22(20)23/h4-16H,1-3H3. The molecular formula is C22H22Si. The predicted molar refractivity (Wildman–Crippen MR) is 103 cm³/mol. The second-order valence-corrected chi connectivity index (χ2v) is 10.9. The fourth-order valence-electron chi connectivity index (χ4n) is 3.97. The Morgan fingerprint density at radius 3 is 1.61 bits per heavy atom. The summed E-state index contributed by atoms with van der Waals surface area (Å²) in [6.45, 7) is 7.02. The molecule has 3 aromatic carbocycles. The summed E-state index contributed by atoms with van der Waals surface area (Å²) in [5, 5.41) is 4.62. The minimum absolute atomic E-state index is 0.585. The molecule has 23 heavy (non-hydrogen) atoms. The van der Waals surface area contributed by atoms with Crippen molar-refractivity contribution >= 4 is 23.6 Å². The largest absolute Gasteiger partial charge is 0.147 e. The predicted octanol–water partition coefficient (Wildman–Crippen LogP) is 3.89. The molecule has 0 atom stereocenters. The SMILES string of the molecule is CC(C)c1ccc([Si]2(C)c3ccccc3-c3ccccc32)cc1. The summed E-state index contributed by atoms with van der Waals surface area (Å²) in [6, 6.07) is 27.4. The molecule has 0 aliphatic carbocycles. The smallest absolute Gasteiger partial charge is 0.0623 e. The molecule has 0 spiro atoms. The first-order valence-electron chi connectivity index (χ1n) is 8.42. The number of fused-ring (bicyclic) bond motifs is 3. The van der Waals surface area contributed by atoms with Gasteiger partial charge in [-0.2, -0.15) is 0 Å². The van der Waals surface area contributed by atoms with E-state index in [1.165, 1.54) is 21.9 Å². The third-order valence-corrected chi connectivity index (χ3v) is 9.89. The second kappa shape index (κ2) is 5.21. The third kappa shape index (κ3) is 2.03. The van der Waals surface area contributed by atoms with Crippen molar-refractivity contribution in [2.45, 2.75) is 26.3 Å². The fraction of sp³-hybridized carbons (Fsp3) is 0.182. The minimum Gasteiger partial charge on any atom is -0.0623 e. The minimum atomic E-state index is -1.86. The lowest BCUT2D eigenvalue weighted by Crippen LogP contribution is -2.62. The molecule has 0 amide bonds. The zero-order valence-corrected chi connectivity index (χ0v) is 15.0. The first-order valence-corrected chi connectivity index (χ1v) is 10.9. The summed E-state index contributed by atoms with van der Waals surface area (Å²) in [7, 11) is -1.86. The van der Waals surface area contributed by atoms with Gasteiger partial charge in [0.1, 0.15) is 8.07 Å². The van der Waals surface area contributed by atoms with E-state index >= 15 is 0 Å². The van der Waals surface area contributed by atoms with Crippen LogP contribution in [0.1, 0.15) is 25.3 Å². The molecule has 0 saturated carbocycles. The van der Waals surface area contributed by atoms with Crippen LogP contribution in [-0.4, -0.2) is 8.07 Å². The van der Waals surface area contributed by atoms with Crippen molar-refractivity contribution in [3.63, 3.8) is 0 Å². The van der Waals surface area contributed by atoms with Crippen LogP contribution < -0.4 is 15.6 Å². The maximum atomic E-state index is 2.50. The Morgan fingerprint density at radius 1 is 0.652 bits per heavy atom. The lowest BCUT2D eigenvalue weighted by Gasteiger charge is -2.26. The van der Waals surface area contributed by atoms with Crippen LogP contribution >= 0.6 is 0 Å². The summed E-state index contributed by atoms with van der Waals surface area (Å²) >= 11 is 0. The van der Waals surface area contributed by atoms with Gasteiger partial charge in [0.05, 0.1) is 0 Å². The van der Waals surface area contributed by atoms with Gasteiger partial charge in [-0.05, 0) is 38.2 Å².